The van der Waals surface area contributed by atoms with Gasteiger partial charge in [0, 0.05) is 12.1 Å². The highest BCUT2D eigenvalue weighted by Crippen LogP contribution is 2.46. The van der Waals surface area contributed by atoms with Gasteiger partial charge in [0.05, 0.1) is 10.5 Å². The van der Waals surface area contributed by atoms with Gasteiger partial charge in [-0.15, -0.1) is 0 Å². The first kappa shape index (κ1) is 25.4. The molecule has 186 valence electrons. The van der Waals surface area contributed by atoms with Crippen molar-refractivity contribution in [3.63, 3.8) is 0 Å². The molecule has 1 aliphatic carbocycles. The summed E-state index contributed by atoms with van der Waals surface area (Å²) in [5.74, 6) is -0.430. The van der Waals surface area contributed by atoms with E-state index in [4.69, 9.17) is 4.74 Å². The van der Waals surface area contributed by atoms with Gasteiger partial charge in [-0.2, -0.15) is 0 Å². The molecule has 36 heavy (non-hydrogen) atoms. The van der Waals surface area contributed by atoms with E-state index in [2.05, 4.69) is 58.9 Å². The van der Waals surface area contributed by atoms with Gasteiger partial charge in [-0.1, -0.05) is 64.1 Å². The van der Waals surface area contributed by atoms with Gasteiger partial charge < -0.3 is 4.74 Å². The summed E-state index contributed by atoms with van der Waals surface area (Å²) in [4.78, 5) is 22.8. The summed E-state index contributed by atoms with van der Waals surface area (Å²) in [6, 6.07) is 20.2. The van der Waals surface area contributed by atoms with E-state index in [-0.39, 0.29) is 23.1 Å². The van der Waals surface area contributed by atoms with Gasteiger partial charge in [0.25, 0.3) is 5.69 Å². The third kappa shape index (κ3) is 5.40. The molecular weight excluding hydrogens is 450 g/mol. The lowest BCUT2D eigenvalue weighted by Gasteiger charge is -2.42. The molecule has 0 radical (unpaired) electrons. The average molecular weight is 484 g/mol. The number of nitro benzene ring substituents is 1. The number of nitro groups is 1. The average Bonchev–Trinajstić information content (AvgIpc) is 2.86. The summed E-state index contributed by atoms with van der Waals surface area (Å²) in [7, 11) is 0. The van der Waals surface area contributed by atoms with Crippen molar-refractivity contribution >= 4 is 23.3 Å². The first-order chi connectivity index (χ1) is 17.0. The predicted molar refractivity (Wildman–Crippen MR) is 144 cm³/mol. The molecule has 0 saturated heterocycles. The number of esters is 1. The topological polar surface area (TPSA) is 69.4 Å². The Balaban J connectivity index is 1.45. The molecule has 3 aromatic rings. The van der Waals surface area contributed by atoms with E-state index in [1.54, 1.807) is 24.3 Å². The smallest absolute Gasteiger partial charge is 0.338 e. The number of carbonyl (C=O) groups is 1. The van der Waals surface area contributed by atoms with Crippen LogP contribution in [0.1, 0.15) is 85.6 Å². The number of allylic oxidation sites excluding steroid dienone is 1. The molecule has 5 heteroatoms. The van der Waals surface area contributed by atoms with Gasteiger partial charge in [0.15, 0.2) is 0 Å². The molecule has 0 saturated carbocycles. The minimum absolute atomic E-state index is 0.00644. The molecule has 0 aliphatic heterocycles. The van der Waals surface area contributed by atoms with E-state index in [1.165, 1.54) is 47.2 Å². The van der Waals surface area contributed by atoms with Crippen LogP contribution in [-0.4, -0.2) is 10.9 Å². The van der Waals surface area contributed by atoms with E-state index in [0.717, 1.165) is 5.56 Å². The number of non-ortho nitro benzene ring substituents is 1. The second-order valence-corrected chi connectivity index (χ2v) is 11.0. The second kappa shape index (κ2) is 9.73. The number of nitrogens with zero attached hydrogens (tertiary/aromatic N) is 1. The SMILES string of the molecule is C/C(=C\c1ccc(C(=O)OCc2ccc([N+](=O)[O-])cc2)cc1)c1ccc2c(c1)C(C)(C)CCC2(C)C. The lowest BCUT2D eigenvalue weighted by Crippen LogP contribution is -2.33. The molecule has 0 bridgehead atoms. The highest BCUT2D eigenvalue weighted by molar-refractivity contribution is 5.90. The number of fused-ring (bicyclic) bond motifs is 1. The van der Waals surface area contributed by atoms with Gasteiger partial charge in [0.1, 0.15) is 6.61 Å². The summed E-state index contributed by atoms with van der Waals surface area (Å²) >= 11 is 0. The van der Waals surface area contributed by atoms with Crippen LogP contribution in [0.3, 0.4) is 0 Å². The van der Waals surface area contributed by atoms with E-state index >= 15 is 0 Å². The second-order valence-electron chi connectivity index (χ2n) is 11.0. The lowest BCUT2D eigenvalue weighted by atomic mass is 9.63. The number of hydrogen-bond acceptors (Lipinski definition) is 4. The van der Waals surface area contributed by atoms with Crippen LogP contribution in [0.25, 0.3) is 11.6 Å². The highest BCUT2D eigenvalue weighted by atomic mass is 16.6. The maximum atomic E-state index is 12.5. The Bertz CT molecular complexity index is 1320. The largest absolute Gasteiger partial charge is 0.457 e. The molecule has 0 fully saturated rings. The molecule has 0 atom stereocenters. The molecule has 5 nitrogen and oxygen atoms in total. The number of carbonyl (C=O) groups excluding carboxylic acids is 1. The number of ether oxygens (including phenoxy) is 1. The van der Waals surface area contributed by atoms with E-state index in [9.17, 15) is 14.9 Å². The van der Waals surface area contributed by atoms with Crippen LogP contribution in [0.4, 0.5) is 5.69 Å². The molecule has 4 rings (SSSR count). The van der Waals surface area contributed by atoms with Crippen molar-refractivity contribution in [1.82, 2.24) is 0 Å². The summed E-state index contributed by atoms with van der Waals surface area (Å²) in [5.41, 5.74) is 7.81. The molecule has 0 amide bonds. The fourth-order valence-corrected chi connectivity index (χ4v) is 4.83. The zero-order valence-corrected chi connectivity index (χ0v) is 21.6. The molecule has 0 aromatic heterocycles. The van der Waals surface area contributed by atoms with Crippen molar-refractivity contribution in [3.8, 4) is 0 Å². The highest BCUT2D eigenvalue weighted by Gasteiger charge is 2.36. The molecule has 0 spiro atoms. The van der Waals surface area contributed by atoms with E-state index in [1.807, 2.05) is 12.1 Å². The number of rotatable bonds is 6. The predicted octanol–water partition coefficient (Wildman–Crippen LogP) is 7.86. The van der Waals surface area contributed by atoms with Crippen molar-refractivity contribution in [2.45, 2.75) is 64.9 Å². The number of benzene rings is 3. The Kier molecular flexibility index (Phi) is 6.85. The Morgan fingerprint density at radius 2 is 1.47 bits per heavy atom. The Labute approximate surface area is 213 Å². The van der Waals surface area contributed by atoms with Crippen LogP contribution < -0.4 is 0 Å². The van der Waals surface area contributed by atoms with Crippen LogP contribution in [0, 0.1) is 10.1 Å². The Morgan fingerprint density at radius 1 is 0.889 bits per heavy atom. The quantitative estimate of drug-likeness (QED) is 0.155. The summed E-state index contributed by atoms with van der Waals surface area (Å²) < 4.78 is 5.37. The van der Waals surface area contributed by atoms with Gasteiger partial charge in [-0.3, -0.25) is 10.1 Å². The van der Waals surface area contributed by atoms with Gasteiger partial charge in [-0.25, -0.2) is 4.79 Å². The van der Waals surface area contributed by atoms with Gasteiger partial charge >= 0.3 is 5.97 Å². The van der Waals surface area contributed by atoms with Crippen molar-refractivity contribution < 1.29 is 14.5 Å². The lowest BCUT2D eigenvalue weighted by molar-refractivity contribution is -0.384. The van der Waals surface area contributed by atoms with Gasteiger partial charge in [-0.05, 0) is 88.3 Å². The monoisotopic (exact) mass is 483 g/mol. The zero-order chi connectivity index (χ0) is 26.1. The molecule has 3 aromatic carbocycles. The van der Waals surface area contributed by atoms with E-state index < -0.39 is 10.9 Å². The van der Waals surface area contributed by atoms with Crippen molar-refractivity contribution in [2.24, 2.45) is 0 Å². The van der Waals surface area contributed by atoms with Crippen LogP contribution in [0.15, 0.2) is 66.7 Å². The summed E-state index contributed by atoms with van der Waals surface area (Å²) in [5, 5.41) is 10.8. The van der Waals surface area contributed by atoms with Crippen LogP contribution >= 0.6 is 0 Å². The molecular formula is C31H33NO4. The maximum absolute atomic E-state index is 12.5. The molecule has 0 unspecified atom stereocenters. The van der Waals surface area contributed by atoms with Crippen molar-refractivity contribution in [1.29, 1.82) is 0 Å². The van der Waals surface area contributed by atoms with Crippen molar-refractivity contribution in [2.75, 3.05) is 0 Å². The molecule has 1 aliphatic rings. The minimum Gasteiger partial charge on any atom is -0.457 e. The first-order valence-electron chi connectivity index (χ1n) is 12.3. The standard InChI is InChI=1S/C31H33NO4/c1-21(25-12-15-27-28(19-25)31(4,5)17-16-30(27,2)3)18-22-6-10-24(11-7-22)29(33)36-20-23-8-13-26(14-9-23)32(34)35/h6-15,18-19H,16-17,20H2,1-5H3/b21-18+. The molecule has 0 N–H and O–H groups in total. The Morgan fingerprint density at radius 3 is 2.08 bits per heavy atom. The zero-order valence-electron chi connectivity index (χ0n) is 21.6. The summed E-state index contributed by atoms with van der Waals surface area (Å²) in [6.45, 7) is 11.5. The maximum Gasteiger partial charge on any atom is 0.338 e. The normalized spacial score (nSPS) is 16.2. The van der Waals surface area contributed by atoms with Gasteiger partial charge in [0.2, 0.25) is 0 Å². The molecule has 0 heterocycles. The van der Waals surface area contributed by atoms with E-state index in [0.29, 0.717) is 11.1 Å². The fourth-order valence-electron chi connectivity index (χ4n) is 4.83. The summed E-state index contributed by atoms with van der Waals surface area (Å²) in [6.07, 6.45) is 4.51. The van der Waals surface area contributed by atoms with Crippen molar-refractivity contribution in [3.05, 3.63) is 110 Å². The minimum atomic E-state index is -0.458. The third-order valence-corrected chi connectivity index (χ3v) is 7.35. The first-order valence-corrected chi connectivity index (χ1v) is 12.3. The van der Waals surface area contributed by atoms with Crippen LogP contribution in [0.5, 0.6) is 0 Å². The van der Waals surface area contributed by atoms with Crippen LogP contribution in [-0.2, 0) is 22.2 Å². The Hall–Kier alpha value is -3.73. The number of hydrogen-bond donors (Lipinski definition) is 0. The fraction of sp³-hybridized carbons (Fsp3) is 0.323. The third-order valence-electron chi connectivity index (χ3n) is 7.35. The van der Waals surface area contributed by atoms with Crippen LogP contribution in [0.2, 0.25) is 0 Å².